The largest absolute Gasteiger partial charge is 0.496 e. The van der Waals surface area contributed by atoms with Gasteiger partial charge in [0.2, 0.25) is 0 Å². The zero-order valence-corrected chi connectivity index (χ0v) is 11.5. The molecule has 19 heavy (non-hydrogen) atoms. The number of thioether (sulfide) groups is 1. The number of hydrogen-bond donors (Lipinski definition) is 1. The fraction of sp³-hybridized carbons (Fsp3) is 0.133. The number of aromatic carboxylic acids is 1. The van der Waals surface area contributed by atoms with Crippen molar-refractivity contribution < 1.29 is 14.6 Å². The summed E-state index contributed by atoms with van der Waals surface area (Å²) in [7, 11) is 1.58. The Morgan fingerprint density at radius 2 is 1.89 bits per heavy atom. The summed E-state index contributed by atoms with van der Waals surface area (Å²) in [5.74, 6) is -0.265. The smallest absolute Gasteiger partial charge is 0.336 e. The minimum Gasteiger partial charge on any atom is -0.496 e. The summed E-state index contributed by atoms with van der Waals surface area (Å²) in [5, 5.41) is 9.36. The number of rotatable bonds is 4. The van der Waals surface area contributed by atoms with Crippen molar-refractivity contribution in [2.24, 2.45) is 0 Å². The van der Waals surface area contributed by atoms with E-state index in [0.29, 0.717) is 11.3 Å². The molecule has 0 amide bonds. The number of ether oxygens (including phenoxy) is 1. The molecule has 2 aromatic carbocycles. The summed E-state index contributed by atoms with van der Waals surface area (Å²) in [6, 6.07) is 12.8. The Kier molecular flexibility index (Phi) is 4.12. The number of carboxylic acid groups (broad SMARTS) is 1. The van der Waals surface area contributed by atoms with E-state index in [1.165, 1.54) is 11.8 Å². The molecule has 3 nitrogen and oxygen atoms in total. The molecule has 0 saturated carbocycles. The second-order valence-electron chi connectivity index (χ2n) is 3.92. The third kappa shape index (κ3) is 2.74. The van der Waals surface area contributed by atoms with Gasteiger partial charge in [0, 0.05) is 10.5 Å². The molecule has 2 rings (SSSR count). The first-order valence-electron chi connectivity index (χ1n) is 5.72. The highest BCUT2D eigenvalue weighted by molar-refractivity contribution is 7.98. The van der Waals surface area contributed by atoms with Crippen molar-refractivity contribution in [1.82, 2.24) is 0 Å². The Balaban J connectivity index is 2.64. The normalized spacial score (nSPS) is 10.2. The van der Waals surface area contributed by atoms with E-state index in [-0.39, 0.29) is 5.56 Å². The molecule has 2 aromatic rings. The minimum absolute atomic E-state index is 0.288. The topological polar surface area (TPSA) is 46.5 Å². The van der Waals surface area contributed by atoms with Gasteiger partial charge < -0.3 is 9.84 Å². The Bertz CT molecular complexity index is 608. The summed E-state index contributed by atoms with van der Waals surface area (Å²) in [6.07, 6.45) is 1.92. The molecule has 0 spiro atoms. The van der Waals surface area contributed by atoms with Crippen molar-refractivity contribution in [1.29, 1.82) is 0 Å². The van der Waals surface area contributed by atoms with Crippen LogP contribution in [0.5, 0.6) is 5.75 Å². The van der Waals surface area contributed by atoms with Crippen LogP contribution in [0.25, 0.3) is 11.1 Å². The maximum absolute atomic E-state index is 11.4. The minimum atomic E-state index is -0.934. The van der Waals surface area contributed by atoms with E-state index in [0.717, 1.165) is 10.5 Å². The van der Waals surface area contributed by atoms with Crippen LogP contribution in [0.1, 0.15) is 10.4 Å². The lowest BCUT2D eigenvalue weighted by atomic mass is 9.99. The van der Waals surface area contributed by atoms with Crippen LogP contribution >= 0.6 is 11.8 Å². The summed E-state index contributed by atoms with van der Waals surface area (Å²) >= 11 is 1.52. The van der Waals surface area contributed by atoms with Gasteiger partial charge in [-0.25, -0.2) is 4.79 Å². The number of carbonyl (C=O) groups is 1. The first-order valence-corrected chi connectivity index (χ1v) is 6.94. The molecule has 0 aromatic heterocycles. The summed E-state index contributed by atoms with van der Waals surface area (Å²) < 4.78 is 5.29. The predicted octanol–water partition coefficient (Wildman–Crippen LogP) is 3.78. The van der Waals surface area contributed by atoms with Crippen LogP contribution in [0.3, 0.4) is 0 Å². The van der Waals surface area contributed by atoms with E-state index in [4.69, 9.17) is 4.74 Å². The number of carboxylic acids is 1. The van der Waals surface area contributed by atoms with Gasteiger partial charge in [-0.1, -0.05) is 24.3 Å². The van der Waals surface area contributed by atoms with Gasteiger partial charge in [-0.2, -0.15) is 0 Å². The van der Waals surface area contributed by atoms with Crippen LogP contribution in [0.15, 0.2) is 47.4 Å². The first-order chi connectivity index (χ1) is 9.17. The molecule has 0 unspecified atom stereocenters. The van der Waals surface area contributed by atoms with Crippen molar-refractivity contribution >= 4 is 17.7 Å². The van der Waals surface area contributed by atoms with Crippen LogP contribution < -0.4 is 4.74 Å². The van der Waals surface area contributed by atoms with Crippen LogP contribution in [-0.4, -0.2) is 24.4 Å². The van der Waals surface area contributed by atoms with Gasteiger partial charge in [-0.15, -0.1) is 11.8 Å². The van der Waals surface area contributed by atoms with Gasteiger partial charge in [0.15, 0.2) is 0 Å². The van der Waals surface area contributed by atoms with Crippen molar-refractivity contribution in [2.75, 3.05) is 13.4 Å². The lowest BCUT2D eigenvalue weighted by molar-refractivity contribution is 0.0697. The number of hydrogen-bond acceptors (Lipinski definition) is 3. The van der Waals surface area contributed by atoms with E-state index in [1.54, 1.807) is 13.2 Å². The third-order valence-electron chi connectivity index (χ3n) is 2.85. The molecule has 0 radical (unpaired) electrons. The van der Waals surface area contributed by atoms with Crippen LogP contribution in [0.4, 0.5) is 0 Å². The standard InChI is InChI=1S/C15H14O3S/c1-18-14-6-4-3-5-12(14)11-8-7-10(19-2)9-13(11)15(16)17/h3-9H,1-2H3,(H,16,17). The first kappa shape index (κ1) is 13.5. The molecule has 0 fully saturated rings. The lowest BCUT2D eigenvalue weighted by Crippen LogP contribution is -2.00. The van der Waals surface area contributed by atoms with Crippen LogP contribution in [-0.2, 0) is 0 Å². The second-order valence-corrected chi connectivity index (χ2v) is 4.80. The molecular weight excluding hydrogens is 260 g/mol. The highest BCUT2D eigenvalue weighted by Gasteiger charge is 2.15. The predicted molar refractivity (Wildman–Crippen MR) is 77.2 cm³/mol. The van der Waals surface area contributed by atoms with Crippen molar-refractivity contribution in [3.05, 3.63) is 48.0 Å². The Labute approximate surface area is 116 Å². The maximum Gasteiger partial charge on any atom is 0.336 e. The zero-order chi connectivity index (χ0) is 13.8. The van der Waals surface area contributed by atoms with Gasteiger partial charge >= 0.3 is 5.97 Å². The Morgan fingerprint density at radius 3 is 2.53 bits per heavy atom. The highest BCUT2D eigenvalue weighted by Crippen LogP contribution is 2.33. The van der Waals surface area contributed by atoms with E-state index in [1.807, 2.05) is 42.7 Å². The molecule has 0 aliphatic carbocycles. The molecule has 0 bridgehead atoms. The lowest BCUT2D eigenvalue weighted by Gasteiger charge is -2.11. The summed E-state index contributed by atoms with van der Waals surface area (Å²) in [5.41, 5.74) is 1.74. The molecule has 0 atom stereocenters. The highest BCUT2D eigenvalue weighted by atomic mass is 32.2. The van der Waals surface area contributed by atoms with E-state index < -0.39 is 5.97 Å². The molecule has 0 aliphatic heterocycles. The Morgan fingerprint density at radius 1 is 1.16 bits per heavy atom. The molecule has 4 heteroatoms. The Hall–Kier alpha value is -1.94. The molecular formula is C15H14O3S. The van der Waals surface area contributed by atoms with Gasteiger partial charge in [0.25, 0.3) is 0 Å². The number of methoxy groups -OCH3 is 1. The van der Waals surface area contributed by atoms with Crippen molar-refractivity contribution in [2.45, 2.75) is 4.90 Å². The molecule has 0 saturated heterocycles. The van der Waals surface area contributed by atoms with Crippen LogP contribution in [0, 0.1) is 0 Å². The van der Waals surface area contributed by atoms with Crippen LogP contribution in [0.2, 0.25) is 0 Å². The van der Waals surface area contributed by atoms with E-state index in [2.05, 4.69) is 0 Å². The fourth-order valence-electron chi connectivity index (χ4n) is 1.93. The monoisotopic (exact) mass is 274 g/mol. The summed E-state index contributed by atoms with van der Waals surface area (Å²) in [6.45, 7) is 0. The van der Waals surface area contributed by atoms with Crippen molar-refractivity contribution in [3.63, 3.8) is 0 Å². The van der Waals surface area contributed by atoms with Gasteiger partial charge in [0.1, 0.15) is 5.75 Å². The average molecular weight is 274 g/mol. The maximum atomic E-state index is 11.4. The quantitative estimate of drug-likeness (QED) is 0.862. The zero-order valence-electron chi connectivity index (χ0n) is 10.7. The molecule has 98 valence electrons. The number of benzene rings is 2. The fourth-order valence-corrected chi connectivity index (χ4v) is 2.37. The average Bonchev–Trinajstić information content (AvgIpc) is 2.46. The van der Waals surface area contributed by atoms with E-state index >= 15 is 0 Å². The van der Waals surface area contributed by atoms with E-state index in [9.17, 15) is 9.90 Å². The van der Waals surface area contributed by atoms with Gasteiger partial charge in [0.05, 0.1) is 12.7 Å². The third-order valence-corrected chi connectivity index (χ3v) is 3.58. The molecule has 1 N–H and O–H groups in total. The molecule has 0 heterocycles. The second kappa shape index (κ2) is 5.80. The SMILES string of the molecule is COc1ccccc1-c1ccc(SC)cc1C(=O)O. The molecule has 0 aliphatic rings. The van der Waals surface area contributed by atoms with Gasteiger partial charge in [-0.3, -0.25) is 0 Å². The van der Waals surface area contributed by atoms with Gasteiger partial charge in [-0.05, 0) is 30.0 Å². The number of para-hydroxylation sites is 1. The van der Waals surface area contributed by atoms with Crippen molar-refractivity contribution in [3.8, 4) is 16.9 Å². The summed E-state index contributed by atoms with van der Waals surface area (Å²) in [4.78, 5) is 12.3.